The number of hydrogen-bond acceptors (Lipinski definition) is 10. The Bertz CT molecular complexity index is 2250. The van der Waals surface area contributed by atoms with Gasteiger partial charge in [-0.2, -0.15) is 4.98 Å². The summed E-state index contributed by atoms with van der Waals surface area (Å²) in [7, 11) is -4.55. The van der Waals surface area contributed by atoms with Crippen molar-refractivity contribution in [2.45, 2.75) is 91.8 Å². The summed E-state index contributed by atoms with van der Waals surface area (Å²) in [6.45, 7) is 2.78. The van der Waals surface area contributed by atoms with Gasteiger partial charge < -0.3 is 20.7 Å². The number of primary amides is 1. The number of piperidine rings is 1. The van der Waals surface area contributed by atoms with E-state index < -0.39 is 31.4 Å². The van der Waals surface area contributed by atoms with Gasteiger partial charge >= 0.3 is 5.69 Å². The molecule has 0 unspecified atom stereocenters. The Hall–Kier alpha value is -5.01. The van der Waals surface area contributed by atoms with Crippen molar-refractivity contribution in [2.24, 2.45) is 11.1 Å². The number of carbonyl (C=O) groups is 1. The van der Waals surface area contributed by atoms with Gasteiger partial charge in [-0.25, -0.2) is 8.42 Å². The molecule has 12 nitrogen and oxygen atoms in total. The number of carbonyl (C=O) groups excluding carboxylic acids is 1. The Balaban J connectivity index is 0.914. The summed E-state index contributed by atoms with van der Waals surface area (Å²) in [5.41, 5.74) is 10.1. The predicted molar refractivity (Wildman–Crippen MR) is 208 cm³/mol. The zero-order chi connectivity index (χ0) is 37.9. The van der Waals surface area contributed by atoms with Gasteiger partial charge in [0, 0.05) is 30.9 Å². The average Bonchev–Trinajstić information content (AvgIpc) is 3.92. The summed E-state index contributed by atoms with van der Waals surface area (Å²) >= 11 is 0. The lowest BCUT2D eigenvalue weighted by molar-refractivity contribution is -0.384. The lowest BCUT2D eigenvalue weighted by Gasteiger charge is -2.56. The third kappa shape index (κ3) is 6.71. The van der Waals surface area contributed by atoms with Crippen molar-refractivity contribution in [3.63, 3.8) is 0 Å². The quantitative estimate of drug-likeness (QED) is 0.130. The molecule has 0 radical (unpaired) electrons. The van der Waals surface area contributed by atoms with E-state index in [1.165, 1.54) is 50.7 Å². The van der Waals surface area contributed by atoms with Gasteiger partial charge in [0.25, 0.3) is 0 Å². The lowest BCUT2D eigenvalue weighted by atomic mass is 9.59. The minimum Gasteiger partial charge on any atom is -0.474 e. The van der Waals surface area contributed by atoms with E-state index in [4.69, 9.17) is 10.5 Å². The molecule has 13 heteroatoms. The molecule has 1 spiro atoms. The maximum atomic E-state index is 14.3. The molecule has 2 atom stereocenters. The number of aromatic nitrogens is 1. The molecule has 2 saturated heterocycles. The van der Waals surface area contributed by atoms with E-state index in [2.05, 4.69) is 44.4 Å². The van der Waals surface area contributed by atoms with Crippen LogP contribution in [0.2, 0.25) is 0 Å². The van der Waals surface area contributed by atoms with Crippen molar-refractivity contribution < 1.29 is 22.9 Å². The topological polar surface area (TPSA) is 161 Å². The molecule has 1 aromatic heterocycles. The third-order valence-electron chi connectivity index (χ3n) is 12.7. The van der Waals surface area contributed by atoms with Gasteiger partial charge in [0.1, 0.15) is 6.61 Å². The highest BCUT2D eigenvalue weighted by Crippen LogP contribution is 2.55. The fraction of sp³-hybridized carbons (Fsp3) is 0.429. The zero-order valence-corrected chi connectivity index (χ0v) is 31.5. The van der Waals surface area contributed by atoms with Crippen molar-refractivity contribution in [1.82, 2.24) is 9.88 Å². The van der Waals surface area contributed by atoms with E-state index in [9.17, 15) is 23.3 Å². The number of rotatable bonds is 10. The predicted octanol–water partition coefficient (Wildman–Crippen LogP) is 6.80. The molecule has 4 aromatic rings. The van der Waals surface area contributed by atoms with Crippen LogP contribution in [0.25, 0.3) is 0 Å². The van der Waals surface area contributed by atoms with Crippen molar-refractivity contribution in [3.8, 4) is 5.88 Å². The number of nitrogens with zero attached hydrogens (tertiary/aromatic N) is 4. The number of sulfone groups is 1. The van der Waals surface area contributed by atoms with E-state index in [1.807, 2.05) is 30.3 Å². The van der Waals surface area contributed by atoms with Gasteiger partial charge in [0.15, 0.2) is 10.7 Å². The molecule has 5 aliphatic rings. The summed E-state index contributed by atoms with van der Waals surface area (Å²) in [4.78, 5) is 33.1. The summed E-state index contributed by atoms with van der Waals surface area (Å²) in [6, 6.07) is 25.1. The molecule has 3 N–H and O–H groups in total. The lowest BCUT2D eigenvalue weighted by Crippen LogP contribution is -2.55. The number of benzene rings is 3. The fourth-order valence-electron chi connectivity index (χ4n) is 9.65. The highest BCUT2D eigenvalue weighted by atomic mass is 32.2. The van der Waals surface area contributed by atoms with Crippen LogP contribution >= 0.6 is 0 Å². The van der Waals surface area contributed by atoms with Gasteiger partial charge in [0.05, 0.1) is 27.5 Å². The fourth-order valence-corrected chi connectivity index (χ4v) is 11.1. The number of likely N-dealkylation sites (tertiary alicyclic amines) is 1. The van der Waals surface area contributed by atoms with Crippen LogP contribution in [0.5, 0.6) is 5.88 Å². The molecule has 0 bridgehead atoms. The second kappa shape index (κ2) is 13.9. The van der Waals surface area contributed by atoms with E-state index in [0.717, 1.165) is 50.0 Å². The number of fused-ring (bicyclic) bond motifs is 1. The Kier molecular flexibility index (Phi) is 9.04. The Morgan fingerprint density at radius 3 is 2.40 bits per heavy atom. The van der Waals surface area contributed by atoms with Crippen LogP contribution in [0.3, 0.4) is 0 Å². The summed E-state index contributed by atoms with van der Waals surface area (Å²) in [5.74, 6) is -0.362. The van der Waals surface area contributed by atoms with Gasteiger partial charge in [-0.1, -0.05) is 54.6 Å². The van der Waals surface area contributed by atoms with E-state index >= 15 is 0 Å². The molecular formula is C42H46N6O6S. The Labute approximate surface area is 321 Å². The second-order valence-corrected chi connectivity index (χ2v) is 18.0. The first kappa shape index (κ1) is 35.7. The van der Waals surface area contributed by atoms with Crippen LogP contribution < -0.4 is 20.7 Å². The minimum atomic E-state index is -4.55. The van der Waals surface area contributed by atoms with E-state index in [1.54, 1.807) is 17.2 Å². The minimum absolute atomic E-state index is 0.0174. The van der Waals surface area contributed by atoms with Crippen LogP contribution in [0, 0.1) is 15.5 Å². The number of anilines is 2. The first-order valence-electron chi connectivity index (χ1n) is 19.5. The summed E-state index contributed by atoms with van der Waals surface area (Å²) in [6.07, 6.45) is 9.96. The third-order valence-corrected chi connectivity index (χ3v) is 14.4. The number of ether oxygens (including phenoxy) is 1. The zero-order valence-electron chi connectivity index (χ0n) is 30.7. The number of hydrogen-bond donors (Lipinski definition) is 2. The smallest absolute Gasteiger partial charge is 0.300 e. The maximum absolute atomic E-state index is 14.3. The Morgan fingerprint density at radius 2 is 1.69 bits per heavy atom. The highest BCUT2D eigenvalue weighted by Gasteiger charge is 2.50. The van der Waals surface area contributed by atoms with Crippen molar-refractivity contribution in [1.29, 1.82) is 0 Å². The van der Waals surface area contributed by atoms with E-state index in [-0.39, 0.29) is 40.1 Å². The highest BCUT2D eigenvalue weighted by molar-refractivity contribution is 7.91. The molecule has 3 aliphatic heterocycles. The van der Waals surface area contributed by atoms with Crippen LogP contribution in [0.1, 0.15) is 90.4 Å². The van der Waals surface area contributed by atoms with Gasteiger partial charge in [0.2, 0.25) is 21.6 Å². The van der Waals surface area contributed by atoms with Crippen molar-refractivity contribution >= 4 is 32.8 Å². The number of nitrogens with two attached hydrogens (primary N) is 1. The van der Waals surface area contributed by atoms with Gasteiger partial charge in [-0.3, -0.25) is 19.8 Å². The first-order valence-corrected chi connectivity index (χ1v) is 21.0. The average molecular weight is 763 g/mol. The van der Waals surface area contributed by atoms with Crippen LogP contribution in [-0.2, 0) is 16.3 Å². The normalized spacial score (nSPS) is 22.4. The van der Waals surface area contributed by atoms with Gasteiger partial charge in [-0.15, -0.1) is 0 Å². The van der Waals surface area contributed by atoms with Crippen molar-refractivity contribution in [3.05, 3.63) is 111 Å². The largest absolute Gasteiger partial charge is 0.474 e. The molecule has 2 aliphatic carbocycles. The van der Waals surface area contributed by atoms with Crippen molar-refractivity contribution in [2.75, 3.05) is 36.5 Å². The number of nitrogens with one attached hydrogen (secondary N) is 1. The standard InChI is InChI=1S/C42H46N6O6S/c43-40(49)34-15-14-30(46-19-16-42(17-20-46)24-31(25-42)47-18-6-11-35(47)33-10-5-4-9-32(33)28-12-13-28)22-37(34)55(52,53)38-23-36(48(50)51)39-41(45-38)54-26-29(44-39)21-27-7-2-1-3-8-27/h1-5,7-10,14-15,22-23,28-29,31,35,44H,6,11-13,16-21,24-26H2,(H2,43,49)/t29-,35-/m0/s1. The number of pyridine rings is 1. The molecular weight excluding hydrogens is 717 g/mol. The van der Waals surface area contributed by atoms with Crippen LogP contribution in [-0.4, -0.2) is 67.5 Å². The molecule has 4 fully saturated rings. The summed E-state index contributed by atoms with van der Waals surface area (Å²) in [5, 5.41) is 14.8. The van der Waals surface area contributed by atoms with Crippen LogP contribution in [0.4, 0.5) is 17.1 Å². The van der Waals surface area contributed by atoms with Gasteiger partial charge in [-0.05, 0) is 111 Å². The van der Waals surface area contributed by atoms with Crippen LogP contribution in [0.15, 0.2) is 88.8 Å². The number of nitro groups is 1. The Morgan fingerprint density at radius 1 is 0.964 bits per heavy atom. The molecule has 2 saturated carbocycles. The SMILES string of the molecule is NC(=O)c1ccc(N2CCC3(CC2)CC(N2CCC[C@H]2c2ccccc2C2CC2)C3)cc1S(=O)(=O)c1cc([N+](=O)[O-])c2c(n1)OC[C@H](Cc1ccccc1)N2. The summed E-state index contributed by atoms with van der Waals surface area (Å²) < 4.78 is 34.4. The molecule has 1 amide bonds. The maximum Gasteiger partial charge on any atom is 0.300 e. The van der Waals surface area contributed by atoms with E-state index in [0.29, 0.717) is 24.2 Å². The monoisotopic (exact) mass is 762 g/mol. The molecule has 4 heterocycles. The number of amides is 1. The molecule has 55 heavy (non-hydrogen) atoms. The molecule has 3 aromatic carbocycles. The second-order valence-electron chi connectivity index (χ2n) is 16.2. The molecule has 286 valence electrons. The first-order chi connectivity index (χ1) is 26.6. The molecule has 9 rings (SSSR count).